The molecule has 1 saturated heterocycles. The largest absolute Gasteiger partial charge is 0.507 e. The van der Waals surface area contributed by atoms with E-state index in [1.165, 1.54) is 15.9 Å². The molecule has 0 bridgehead atoms. The predicted octanol–water partition coefficient (Wildman–Crippen LogP) is 2.90. The molecule has 2 aromatic heterocycles. The Balaban J connectivity index is 1.70. The molecule has 4 atom stereocenters. The van der Waals surface area contributed by atoms with Crippen LogP contribution in [0.4, 0.5) is 24.5 Å². The lowest BCUT2D eigenvalue weighted by Crippen LogP contribution is -2.66. The number of aromatic nitrogens is 2. The highest BCUT2D eigenvalue weighted by Crippen LogP contribution is 2.46. The second kappa shape index (κ2) is 8.58. The summed E-state index contributed by atoms with van der Waals surface area (Å²) >= 11 is 0. The number of phenols is 1. The fraction of sp³-hybridized carbons (Fsp3) is 0.333. The zero-order chi connectivity index (χ0) is 30.4. The number of piperazine rings is 1. The van der Waals surface area contributed by atoms with Crippen molar-refractivity contribution < 1.29 is 32.0 Å². The van der Waals surface area contributed by atoms with Crippen LogP contribution in [0.2, 0.25) is 0 Å². The SMILES string of the molecule is [2H]C([2H])([2H])N1C(=O)[C@H]2CN(C(=O)C=C)[C@H](C)CN2c2c1c(=O)n([C@@H]1C[C@@H]1F)c1nc(-c3c(O)cccc3F)c(F)cc21. The molecule has 202 valence electrons. The van der Waals surface area contributed by atoms with Crippen molar-refractivity contribution in [3.05, 3.63) is 58.9 Å². The van der Waals surface area contributed by atoms with Gasteiger partial charge in [-0.3, -0.25) is 19.0 Å². The third-order valence-electron chi connectivity index (χ3n) is 7.54. The summed E-state index contributed by atoms with van der Waals surface area (Å²) in [5.41, 5.74) is -3.28. The van der Waals surface area contributed by atoms with Gasteiger partial charge in [0.2, 0.25) is 5.91 Å². The highest BCUT2D eigenvalue weighted by molar-refractivity contribution is 6.11. The smallest absolute Gasteiger partial charge is 0.278 e. The van der Waals surface area contributed by atoms with Crippen LogP contribution in [0.1, 0.15) is 23.5 Å². The van der Waals surface area contributed by atoms with Crippen LogP contribution in [0.5, 0.6) is 5.75 Å². The molecule has 2 fully saturated rings. The number of carbonyl (C=O) groups is 2. The molecule has 0 radical (unpaired) electrons. The Morgan fingerprint density at radius 3 is 2.62 bits per heavy atom. The number of hydrogen-bond acceptors (Lipinski definition) is 6. The molecule has 0 spiro atoms. The molecule has 9 nitrogen and oxygen atoms in total. The Kier molecular flexibility index (Phi) is 4.75. The number of hydrogen-bond donors (Lipinski definition) is 1. The summed E-state index contributed by atoms with van der Waals surface area (Å²) in [7, 11) is 0. The maximum absolute atomic E-state index is 15.8. The number of fused-ring (bicyclic) bond motifs is 5. The van der Waals surface area contributed by atoms with Gasteiger partial charge in [0.15, 0.2) is 5.82 Å². The molecule has 1 aliphatic carbocycles. The van der Waals surface area contributed by atoms with Gasteiger partial charge in [0, 0.05) is 35.5 Å². The monoisotopic (exact) mass is 542 g/mol. The van der Waals surface area contributed by atoms with Gasteiger partial charge in [-0.25, -0.2) is 18.2 Å². The lowest BCUT2D eigenvalue weighted by atomic mass is 9.98. The second-order valence-corrected chi connectivity index (χ2v) is 9.90. The van der Waals surface area contributed by atoms with Crippen LogP contribution in [0, 0.1) is 11.6 Å². The number of benzene rings is 1. The van der Waals surface area contributed by atoms with Gasteiger partial charge in [0.1, 0.15) is 40.8 Å². The fourth-order valence-electron chi connectivity index (χ4n) is 5.54. The quantitative estimate of drug-likeness (QED) is 0.512. The van der Waals surface area contributed by atoms with E-state index in [4.69, 9.17) is 4.11 Å². The highest BCUT2D eigenvalue weighted by Gasteiger charge is 2.48. The lowest BCUT2D eigenvalue weighted by molar-refractivity contribution is -0.130. The molecular weight excluding hydrogens is 515 g/mol. The van der Waals surface area contributed by atoms with E-state index in [2.05, 4.69) is 11.6 Å². The molecule has 1 aromatic carbocycles. The van der Waals surface area contributed by atoms with Crippen LogP contribution in [-0.4, -0.2) is 69.7 Å². The number of carbonyl (C=O) groups excluding carboxylic acids is 2. The maximum atomic E-state index is 15.8. The molecule has 4 heterocycles. The number of aromatic hydroxyl groups is 1. The minimum absolute atomic E-state index is 0.0526. The van der Waals surface area contributed by atoms with Crippen LogP contribution < -0.4 is 15.4 Å². The van der Waals surface area contributed by atoms with Crippen molar-refractivity contribution >= 4 is 34.2 Å². The van der Waals surface area contributed by atoms with Gasteiger partial charge in [0.05, 0.1) is 23.8 Å². The summed E-state index contributed by atoms with van der Waals surface area (Å²) in [6.45, 7) is 1.66. The van der Waals surface area contributed by atoms with Crippen LogP contribution in [0.3, 0.4) is 0 Å². The van der Waals surface area contributed by atoms with Crippen LogP contribution >= 0.6 is 0 Å². The number of amides is 2. The van der Waals surface area contributed by atoms with Crippen molar-refractivity contribution in [2.24, 2.45) is 0 Å². The van der Waals surface area contributed by atoms with Crippen LogP contribution in [0.15, 0.2) is 41.7 Å². The number of alkyl halides is 1. The van der Waals surface area contributed by atoms with Crippen molar-refractivity contribution in [3.8, 4) is 17.0 Å². The molecule has 6 rings (SSSR count). The number of anilines is 2. The van der Waals surface area contributed by atoms with E-state index in [1.54, 1.807) is 6.92 Å². The summed E-state index contributed by atoms with van der Waals surface area (Å²) in [6, 6.07) is 1.30. The molecule has 1 N–H and O–H groups in total. The first kappa shape index (κ1) is 21.6. The summed E-state index contributed by atoms with van der Waals surface area (Å²) in [5, 5.41) is 10.2. The van der Waals surface area contributed by atoms with Crippen molar-refractivity contribution in [1.82, 2.24) is 14.5 Å². The first-order valence-corrected chi connectivity index (χ1v) is 12.2. The zero-order valence-corrected chi connectivity index (χ0v) is 20.6. The molecule has 3 aromatic rings. The molecule has 0 unspecified atom stereocenters. The van der Waals surface area contributed by atoms with Crippen molar-refractivity contribution in [3.63, 3.8) is 0 Å². The van der Waals surface area contributed by atoms with E-state index in [0.717, 1.165) is 28.8 Å². The second-order valence-electron chi connectivity index (χ2n) is 9.90. The van der Waals surface area contributed by atoms with Gasteiger partial charge < -0.3 is 19.8 Å². The first-order valence-electron chi connectivity index (χ1n) is 13.7. The minimum Gasteiger partial charge on any atom is -0.507 e. The van der Waals surface area contributed by atoms with Crippen LogP contribution in [-0.2, 0) is 9.59 Å². The van der Waals surface area contributed by atoms with Crippen molar-refractivity contribution in [2.75, 3.05) is 29.9 Å². The topological polar surface area (TPSA) is 99.0 Å². The first-order chi connectivity index (χ1) is 19.8. The Labute approximate surface area is 224 Å². The average Bonchev–Trinajstić information content (AvgIpc) is 3.63. The number of nitrogens with zero attached hydrogens (tertiary/aromatic N) is 5. The third-order valence-corrected chi connectivity index (χ3v) is 7.54. The maximum Gasteiger partial charge on any atom is 0.278 e. The summed E-state index contributed by atoms with van der Waals surface area (Å²) in [5.74, 6) is -4.23. The van der Waals surface area contributed by atoms with Crippen LogP contribution in [0.25, 0.3) is 22.3 Å². The van der Waals surface area contributed by atoms with E-state index in [1.807, 2.05) is 0 Å². The Hall–Kier alpha value is -4.35. The van der Waals surface area contributed by atoms with Crippen molar-refractivity contribution in [1.29, 1.82) is 0 Å². The Morgan fingerprint density at radius 1 is 1.23 bits per heavy atom. The summed E-state index contributed by atoms with van der Waals surface area (Å²) in [6.07, 6.45) is -0.579. The van der Waals surface area contributed by atoms with Gasteiger partial charge in [-0.1, -0.05) is 12.6 Å². The average molecular weight is 543 g/mol. The van der Waals surface area contributed by atoms with E-state index in [0.29, 0.717) is 4.90 Å². The molecule has 1 saturated carbocycles. The molecule has 3 aliphatic rings. The van der Waals surface area contributed by atoms with Gasteiger partial charge in [0.25, 0.3) is 11.5 Å². The number of rotatable bonds is 3. The molecule has 2 amide bonds. The van der Waals surface area contributed by atoms with E-state index in [-0.39, 0.29) is 36.2 Å². The molecule has 12 heteroatoms. The normalized spacial score (nSPS) is 25.5. The minimum atomic E-state index is -3.18. The number of pyridine rings is 2. The molecule has 39 heavy (non-hydrogen) atoms. The zero-order valence-electron chi connectivity index (χ0n) is 23.6. The van der Waals surface area contributed by atoms with E-state index < -0.39 is 83.0 Å². The van der Waals surface area contributed by atoms with Gasteiger partial charge >= 0.3 is 0 Å². The standard InChI is InChI=1S/C27H24F3N5O4/c1-4-20(37)33-11-18-26(38)32(3)24-23(34(18)10-12(33)2)13-8-16(30)22(21-14(28)6-5-7-19(21)36)31-25(13)35(27(24)39)17-9-15(17)29/h4-8,12,15,17-18,36H,1,9-11H2,2-3H3/t12-,15+,17-,18-/m1/s1/i3D3. The summed E-state index contributed by atoms with van der Waals surface area (Å²) < 4.78 is 70.3. The van der Waals surface area contributed by atoms with Gasteiger partial charge in [-0.15, -0.1) is 0 Å². The van der Waals surface area contributed by atoms with Gasteiger partial charge in [-0.2, -0.15) is 0 Å². The number of halogens is 3. The van der Waals surface area contributed by atoms with E-state index >= 15 is 4.39 Å². The predicted molar refractivity (Wildman–Crippen MR) is 137 cm³/mol. The lowest BCUT2D eigenvalue weighted by Gasteiger charge is -2.49. The number of phenolic OH excluding ortho intramolecular Hbond substituents is 1. The number of likely N-dealkylation sites (N-methyl/N-ethyl adjacent to an activating group) is 1. The Morgan fingerprint density at radius 2 is 1.97 bits per heavy atom. The third kappa shape index (κ3) is 3.53. The van der Waals surface area contributed by atoms with Crippen molar-refractivity contribution in [2.45, 2.75) is 37.6 Å². The fourth-order valence-corrected chi connectivity index (χ4v) is 5.54. The van der Waals surface area contributed by atoms with Gasteiger partial charge in [-0.05, 0) is 31.2 Å². The summed E-state index contributed by atoms with van der Waals surface area (Å²) in [4.78, 5) is 47.7. The molecule has 2 aliphatic heterocycles. The Bertz CT molecular complexity index is 1740. The van der Waals surface area contributed by atoms with E-state index in [9.17, 15) is 28.3 Å². The highest BCUT2D eigenvalue weighted by atomic mass is 19.1. The molecular formula is C27H24F3N5O4.